The Labute approximate surface area is 160 Å². The van der Waals surface area contributed by atoms with Gasteiger partial charge in [0.2, 0.25) is 0 Å². The van der Waals surface area contributed by atoms with Crippen molar-refractivity contribution >= 4 is 35.0 Å². The lowest BCUT2D eigenvalue weighted by Crippen LogP contribution is -2.44. The first-order valence-corrected chi connectivity index (χ1v) is 9.27. The maximum atomic E-state index is 12.2. The largest absolute Gasteiger partial charge is 0.376 e. The van der Waals surface area contributed by atoms with Crippen LogP contribution in [-0.4, -0.2) is 29.5 Å². The van der Waals surface area contributed by atoms with Crippen LogP contribution in [0.1, 0.15) is 21.5 Å². The van der Waals surface area contributed by atoms with Gasteiger partial charge in [-0.2, -0.15) is 0 Å². The van der Waals surface area contributed by atoms with Gasteiger partial charge in [-0.15, -0.1) is 11.8 Å². The van der Waals surface area contributed by atoms with Gasteiger partial charge in [0.05, 0.1) is 11.5 Å². The van der Waals surface area contributed by atoms with E-state index in [0.717, 1.165) is 16.8 Å². The summed E-state index contributed by atoms with van der Waals surface area (Å²) in [6, 6.07) is 10.0. The molecule has 0 radical (unpaired) electrons. The minimum atomic E-state index is -0.752. The van der Waals surface area contributed by atoms with Crippen LogP contribution in [0.25, 0.3) is 0 Å². The Hall–Kier alpha value is -3.07. The van der Waals surface area contributed by atoms with E-state index in [2.05, 4.69) is 16.2 Å². The summed E-state index contributed by atoms with van der Waals surface area (Å²) in [7, 11) is 0. The minimum Gasteiger partial charge on any atom is -0.376 e. The third-order valence-electron chi connectivity index (χ3n) is 3.78. The molecule has 2 aromatic carbocycles. The molecule has 0 fully saturated rings. The highest BCUT2D eigenvalue weighted by Gasteiger charge is 2.21. The van der Waals surface area contributed by atoms with Crippen molar-refractivity contribution in [2.24, 2.45) is 0 Å². The van der Waals surface area contributed by atoms with Gasteiger partial charge < -0.3 is 5.32 Å². The van der Waals surface area contributed by atoms with E-state index in [4.69, 9.17) is 0 Å². The zero-order valence-corrected chi connectivity index (χ0v) is 16.0. The average molecular weight is 388 g/mol. The van der Waals surface area contributed by atoms with Crippen LogP contribution in [0.4, 0.5) is 11.4 Å². The summed E-state index contributed by atoms with van der Waals surface area (Å²) in [6.07, 6.45) is 1.79. The average Bonchev–Trinajstić information content (AvgIpc) is 2.64. The Bertz CT molecular complexity index is 886. The van der Waals surface area contributed by atoms with Crippen molar-refractivity contribution in [3.8, 4) is 0 Å². The molecule has 0 aliphatic rings. The van der Waals surface area contributed by atoms with Crippen LogP contribution in [0.3, 0.4) is 0 Å². The summed E-state index contributed by atoms with van der Waals surface area (Å²) in [5.74, 6) is -1.23. The number of rotatable bonds is 6. The lowest BCUT2D eigenvalue weighted by molar-refractivity contribution is -0.385. The molecular weight excluding hydrogens is 368 g/mol. The maximum absolute atomic E-state index is 12.2. The molecule has 2 amide bonds. The fraction of sp³-hybridized carbons (Fsp3) is 0.222. The molecule has 0 bridgehead atoms. The summed E-state index contributed by atoms with van der Waals surface area (Å²) in [4.78, 5) is 35.4. The molecule has 27 heavy (non-hydrogen) atoms. The SMILES string of the molecule is CSc1ccc([N+](=O)[O-])c(C(=O)NNC(=O)CNc2ccc(C)cc2C)c1. The van der Waals surface area contributed by atoms with E-state index < -0.39 is 16.7 Å². The number of nitrogens with zero attached hydrogens (tertiary/aromatic N) is 1. The predicted molar refractivity (Wildman–Crippen MR) is 105 cm³/mol. The summed E-state index contributed by atoms with van der Waals surface area (Å²) >= 11 is 1.35. The normalized spacial score (nSPS) is 10.2. The standard InChI is InChI=1S/C18H20N4O4S/c1-11-4-6-15(12(2)8-11)19-10-17(23)20-21-18(24)14-9-13(27-3)5-7-16(14)22(25)26/h4-9,19H,10H2,1-3H3,(H,20,23)(H,21,24). The van der Waals surface area contributed by atoms with Crippen molar-refractivity contribution < 1.29 is 14.5 Å². The van der Waals surface area contributed by atoms with Crippen molar-refractivity contribution in [3.63, 3.8) is 0 Å². The second-order valence-corrected chi connectivity index (χ2v) is 6.69. The molecule has 0 unspecified atom stereocenters. The van der Waals surface area contributed by atoms with Gasteiger partial charge in [0.1, 0.15) is 5.56 Å². The van der Waals surface area contributed by atoms with Crippen molar-refractivity contribution in [2.75, 3.05) is 18.1 Å². The Morgan fingerprint density at radius 3 is 2.48 bits per heavy atom. The molecule has 0 aliphatic carbocycles. The van der Waals surface area contributed by atoms with Crippen LogP contribution in [0.2, 0.25) is 0 Å². The molecular formula is C18H20N4O4S. The van der Waals surface area contributed by atoms with E-state index >= 15 is 0 Å². The fourth-order valence-corrected chi connectivity index (χ4v) is 2.85. The molecule has 0 aliphatic heterocycles. The van der Waals surface area contributed by atoms with Gasteiger partial charge in [0.15, 0.2) is 0 Å². The number of nitro groups is 1. The number of hydrogen-bond donors (Lipinski definition) is 3. The summed E-state index contributed by atoms with van der Waals surface area (Å²) < 4.78 is 0. The number of hydrogen-bond acceptors (Lipinski definition) is 6. The van der Waals surface area contributed by atoms with Crippen LogP contribution < -0.4 is 16.2 Å². The third-order valence-corrected chi connectivity index (χ3v) is 4.51. The number of carbonyl (C=O) groups is 2. The molecule has 0 aromatic heterocycles. The van der Waals surface area contributed by atoms with Gasteiger partial charge in [-0.1, -0.05) is 17.7 Å². The number of hydrazine groups is 1. The summed E-state index contributed by atoms with van der Waals surface area (Å²) in [5.41, 5.74) is 6.95. The van der Waals surface area contributed by atoms with E-state index in [0.29, 0.717) is 4.90 Å². The number of nitrogens with one attached hydrogen (secondary N) is 3. The molecule has 2 aromatic rings. The Kier molecular flexibility index (Phi) is 6.78. The molecule has 2 rings (SSSR count). The molecule has 0 spiro atoms. The zero-order valence-electron chi connectivity index (χ0n) is 15.2. The number of carbonyl (C=O) groups excluding carboxylic acids is 2. The van der Waals surface area contributed by atoms with Gasteiger partial charge >= 0.3 is 0 Å². The summed E-state index contributed by atoms with van der Waals surface area (Å²) in [5, 5.41) is 14.1. The number of anilines is 1. The van der Waals surface area contributed by atoms with Crippen LogP contribution in [-0.2, 0) is 4.79 Å². The van der Waals surface area contributed by atoms with E-state index in [1.165, 1.54) is 23.9 Å². The molecule has 9 heteroatoms. The smallest absolute Gasteiger partial charge is 0.282 e. The van der Waals surface area contributed by atoms with Crippen molar-refractivity contribution in [3.05, 3.63) is 63.2 Å². The first-order valence-electron chi connectivity index (χ1n) is 8.04. The highest BCUT2D eigenvalue weighted by Crippen LogP contribution is 2.24. The molecule has 142 valence electrons. The predicted octanol–water partition coefficient (Wildman–Crippen LogP) is 2.81. The number of thioether (sulfide) groups is 1. The number of benzene rings is 2. The van der Waals surface area contributed by atoms with Gasteiger partial charge in [-0.05, 0) is 43.9 Å². The van der Waals surface area contributed by atoms with Crippen LogP contribution in [0, 0.1) is 24.0 Å². The van der Waals surface area contributed by atoms with E-state index in [9.17, 15) is 19.7 Å². The van der Waals surface area contributed by atoms with Crippen molar-refractivity contribution in [1.82, 2.24) is 10.9 Å². The number of nitro benzene ring substituents is 1. The van der Waals surface area contributed by atoms with E-state index in [1.807, 2.05) is 32.0 Å². The quantitative estimate of drug-likeness (QED) is 0.398. The second-order valence-electron chi connectivity index (χ2n) is 5.81. The third kappa shape index (κ3) is 5.45. The topological polar surface area (TPSA) is 113 Å². The minimum absolute atomic E-state index is 0.0584. The van der Waals surface area contributed by atoms with Crippen LogP contribution in [0.5, 0.6) is 0 Å². The molecule has 0 saturated carbocycles. The fourth-order valence-electron chi connectivity index (χ4n) is 2.41. The monoisotopic (exact) mass is 388 g/mol. The van der Waals surface area contributed by atoms with E-state index in [1.54, 1.807) is 12.3 Å². The van der Waals surface area contributed by atoms with Crippen molar-refractivity contribution in [1.29, 1.82) is 0 Å². The van der Waals surface area contributed by atoms with Gasteiger partial charge in [0.25, 0.3) is 17.5 Å². The lowest BCUT2D eigenvalue weighted by atomic mass is 10.1. The Morgan fingerprint density at radius 2 is 1.85 bits per heavy atom. The van der Waals surface area contributed by atoms with Crippen molar-refractivity contribution in [2.45, 2.75) is 18.7 Å². The second kappa shape index (κ2) is 9.04. The van der Waals surface area contributed by atoms with Gasteiger partial charge in [-0.25, -0.2) is 0 Å². The van der Waals surface area contributed by atoms with Gasteiger partial charge in [0, 0.05) is 16.6 Å². The van der Waals surface area contributed by atoms with Crippen LogP contribution in [0.15, 0.2) is 41.3 Å². The molecule has 3 N–H and O–H groups in total. The van der Waals surface area contributed by atoms with Gasteiger partial charge in [-0.3, -0.25) is 30.6 Å². The highest BCUT2D eigenvalue weighted by molar-refractivity contribution is 7.98. The summed E-state index contributed by atoms with van der Waals surface area (Å²) in [6.45, 7) is 3.84. The first kappa shape index (κ1) is 20.2. The maximum Gasteiger partial charge on any atom is 0.282 e. The first-order chi connectivity index (χ1) is 12.8. The number of amides is 2. The van der Waals surface area contributed by atoms with Crippen LogP contribution >= 0.6 is 11.8 Å². The molecule has 8 nitrogen and oxygen atoms in total. The lowest BCUT2D eigenvalue weighted by Gasteiger charge is -2.11. The zero-order chi connectivity index (χ0) is 20.0. The highest BCUT2D eigenvalue weighted by atomic mass is 32.2. The molecule has 0 atom stereocenters. The Balaban J connectivity index is 1.96. The Morgan fingerprint density at radius 1 is 1.11 bits per heavy atom. The molecule has 0 saturated heterocycles. The number of aryl methyl sites for hydroxylation is 2. The van der Waals surface area contributed by atoms with E-state index in [-0.39, 0.29) is 17.8 Å². The molecule has 0 heterocycles.